The number of amides is 2. The number of hydrogen-bond acceptors (Lipinski definition) is 3. The average Bonchev–Trinajstić information content (AvgIpc) is 2.97. The van der Waals surface area contributed by atoms with Crippen molar-refractivity contribution < 1.29 is 14.0 Å². The molecule has 0 bridgehead atoms. The number of hydrogen-bond donors (Lipinski definition) is 1. The highest BCUT2D eigenvalue weighted by atomic mass is 16.3. The van der Waals surface area contributed by atoms with Gasteiger partial charge in [-0.05, 0) is 54.8 Å². The van der Waals surface area contributed by atoms with E-state index in [0.29, 0.717) is 12.1 Å². The molecule has 3 rings (SSSR count). The Morgan fingerprint density at radius 3 is 2.58 bits per heavy atom. The quantitative estimate of drug-likeness (QED) is 0.766. The van der Waals surface area contributed by atoms with Crippen LogP contribution in [-0.4, -0.2) is 23.8 Å². The highest BCUT2D eigenvalue weighted by molar-refractivity contribution is 5.93. The molecule has 0 atom stereocenters. The lowest BCUT2D eigenvalue weighted by atomic mass is 10.0. The summed E-state index contributed by atoms with van der Waals surface area (Å²) in [6.07, 6.45) is 1.92. The van der Waals surface area contributed by atoms with Crippen molar-refractivity contribution in [1.82, 2.24) is 4.90 Å². The molecule has 2 amide bonds. The van der Waals surface area contributed by atoms with E-state index in [9.17, 15) is 9.59 Å². The van der Waals surface area contributed by atoms with Crippen LogP contribution in [0.15, 0.2) is 47.1 Å². The number of rotatable bonds is 5. The fourth-order valence-corrected chi connectivity index (χ4v) is 2.96. The second-order valence-corrected chi connectivity index (χ2v) is 6.68. The summed E-state index contributed by atoms with van der Waals surface area (Å²) in [7, 11) is 1.75. The molecule has 0 saturated carbocycles. The van der Waals surface area contributed by atoms with Crippen molar-refractivity contribution in [3.05, 3.63) is 70.5 Å². The maximum absolute atomic E-state index is 12.6. The van der Waals surface area contributed by atoms with Crippen LogP contribution in [0.3, 0.4) is 0 Å². The molecule has 5 heteroatoms. The minimum Gasteiger partial charge on any atom is -0.464 e. The number of furan rings is 1. The van der Waals surface area contributed by atoms with E-state index in [-0.39, 0.29) is 12.3 Å². The van der Waals surface area contributed by atoms with E-state index in [4.69, 9.17) is 10.2 Å². The Morgan fingerprint density at radius 1 is 1.12 bits per heavy atom. The molecule has 0 unspecified atom stereocenters. The zero-order valence-electron chi connectivity index (χ0n) is 15.2. The Hall–Kier alpha value is -3.08. The predicted molar refractivity (Wildman–Crippen MR) is 101 cm³/mol. The van der Waals surface area contributed by atoms with Gasteiger partial charge in [0.25, 0.3) is 0 Å². The molecule has 0 spiro atoms. The van der Waals surface area contributed by atoms with Crippen molar-refractivity contribution in [1.29, 1.82) is 0 Å². The van der Waals surface area contributed by atoms with Crippen molar-refractivity contribution in [3.8, 4) is 0 Å². The Balaban J connectivity index is 1.75. The van der Waals surface area contributed by atoms with E-state index >= 15 is 0 Å². The van der Waals surface area contributed by atoms with Gasteiger partial charge >= 0.3 is 0 Å². The number of aryl methyl sites for hydroxylation is 2. The zero-order valence-corrected chi connectivity index (χ0v) is 15.2. The molecule has 134 valence electrons. The molecule has 0 saturated heterocycles. The highest BCUT2D eigenvalue weighted by Crippen LogP contribution is 2.25. The Bertz CT molecular complexity index is 988. The lowest BCUT2D eigenvalue weighted by Crippen LogP contribution is -2.27. The Morgan fingerprint density at radius 2 is 1.85 bits per heavy atom. The number of nitrogens with zero attached hydrogens (tertiary/aromatic N) is 1. The topological polar surface area (TPSA) is 76.5 Å². The van der Waals surface area contributed by atoms with Crippen LogP contribution >= 0.6 is 0 Å². The minimum absolute atomic E-state index is 0.0181. The summed E-state index contributed by atoms with van der Waals surface area (Å²) in [6, 6.07) is 11.1. The fraction of sp³-hybridized carbons (Fsp3) is 0.238. The van der Waals surface area contributed by atoms with E-state index < -0.39 is 5.91 Å². The first-order chi connectivity index (χ1) is 12.3. The largest absolute Gasteiger partial charge is 0.464 e. The van der Waals surface area contributed by atoms with Crippen molar-refractivity contribution in [2.24, 2.45) is 5.73 Å². The Labute approximate surface area is 152 Å². The standard InChI is InChI=1S/C21H22N2O3/c1-13-7-18-17(12-26-19(18)8-14(13)2)10-20(24)23(3)11-15-5-4-6-16(9-15)21(22)25/h4-9,12H,10-11H2,1-3H3,(H2,22,25). The van der Waals surface area contributed by atoms with Crippen LogP contribution in [-0.2, 0) is 17.8 Å². The zero-order chi connectivity index (χ0) is 18.8. The van der Waals surface area contributed by atoms with Crippen LogP contribution in [0.2, 0.25) is 0 Å². The summed E-state index contributed by atoms with van der Waals surface area (Å²) in [6.45, 7) is 4.50. The van der Waals surface area contributed by atoms with Gasteiger partial charge in [0.05, 0.1) is 12.7 Å². The van der Waals surface area contributed by atoms with Crippen LogP contribution in [0.4, 0.5) is 0 Å². The normalized spacial score (nSPS) is 10.9. The summed E-state index contributed by atoms with van der Waals surface area (Å²) in [5, 5.41) is 0.977. The molecular weight excluding hydrogens is 328 g/mol. The van der Waals surface area contributed by atoms with Gasteiger partial charge in [-0.25, -0.2) is 0 Å². The lowest BCUT2D eigenvalue weighted by Gasteiger charge is -2.17. The third-order valence-electron chi connectivity index (χ3n) is 4.67. The second kappa shape index (κ2) is 7.04. The van der Waals surface area contributed by atoms with Crippen molar-refractivity contribution in [2.75, 3.05) is 7.05 Å². The molecule has 3 aromatic rings. The number of fused-ring (bicyclic) bond motifs is 1. The van der Waals surface area contributed by atoms with Gasteiger partial charge in [0.1, 0.15) is 5.58 Å². The number of likely N-dealkylation sites (N-methyl/N-ethyl adjacent to an activating group) is 1. The number of benzene rings is 2. The molecule has 0 fully saturated rings. The smallest absolute Gasteiger partial charge is 0.248 e. The maximum Gasteiger partial charge on any atom is 0.248 e. The summed E-state index contributed by atoms with van der Waals surface area (Å²) in [5.74, 6) is -0.494. The van der Waals surface area contributed by atoms with E-state index in [1.54, 1.807) is 36.4 Å². The summed E-state index contributed by atoms with van der Waals surface area (Å²) in [5.41, 5.74) is 10.6. The van der Waals surface area contributed by atoms with E-state index in [2.05, 4.69) is 6.07 Å². The molecule has 0 radical (unpaired) electrons. The van der Waals surface area contributed by atoms with E-state index in [1.807, 2.05) is 26.0 Å². The predicted octanol–water partition coefficient (Wildman–Crippen LogP) is 3.35. The minimum atomic E-state index is -0.476. The molecule has 2 aromatic carbocycles. The fourth-order valence-electron chi connectivity index (χ4n) is 2.96. The van der Waals surface area contributed by atoms with Crippen LogP contribution in [0.1, 0.15) is 32.6 Å². The molecule has 1 aromatic heterocycles. The molecule has 2 N–H and O–H groups in total. The molecule has 5 nitrogen and oxygen atoms in total. The first-order valence-corrected chi connectivity index (χ1v) is 8.45. The van der Waals surface area contributed by atoms with Gasteiger partial charge in [-0.2, -0.15) is 0 Å². The summed E-state index contributed by atoms with van der Waals surface area (Å²) < 4.78 is 5.60. The van der Waals surface area contributed by atoms with Crippen LogP contribution < -0.4 is 5.73 Å². The summed E-state index contributed by atoms with van der Waals surface area (Å²) >= 11 is 0. The highest BCUT2D eigenvalue weighted by Gasteiger charge is 2.15. The molecule has 1 heterocycles. The van der Waals surface area contributed by atoms with Crippen LogP contribution in [0, 0.1) is 13.8 Å². The number of nitrogens with two attached hydrogens (primary N) is 1. The molecule has 26 heavy (non-hydrogen) atoms. The first kappa shape index (κ1) is 17.7. The first-order valence-electron chi connectivity index (χ1n) is 8.45. The second-order valence-electron chi connectivity index (χ2n) is 6.68. The number of carbonyl (C=O) groups is 2. The third kappa shape index (κ3) is 3.61. The van der Waals surface area contributed by atoms with Crippen molar-refractivity contribution in [3.63, 3.8) is 0 Å². The third-order valence-corrected chi connectivity index (χ3v) is 4.67. The Kier molecular flexibility index (Phi) is 4.80. The number of carbonyl (C=O) groups excluding carboxylic acids is 2. The van der Waals surface area contributed by atoms with E-state index in [0.717, 1.165) is 27.7 Å². The van der Waals surface area contributed by atoms with Crippen molar-refractivity contribution in [2.45, 2.75) is 26.8 Å². The van der Waals surface area contributed by atoms with Crippen molar-refractivity contribution >= 4 is 22.8 Å². The van der Waals surface area contributed by atoms with Crippen LogP contribution in [0.25, 0.3) is 11.0 Å². The molecule has 0 aliphatic rings. The van der Waals surface area contributed by atoms with Gasteiger partial charge < -0.3 is 15.1 Å². The van der Waals surface area contributed by atoms with E-state index in [1.165, 1.54) is 5.56 Å². The average molecular weight is 350 g/mol. The van der Waals surface area contributed by atoms with Gasteiger partial charge in [-0.15, -0.1) is 0 Å². The monoisotopic (exact) mass is 350 g/mol. The molecule has 0 aliphatic carbocycles. The van der Waals surface area contributed by atoms with Gasteiger partial charge in [-0.3, -0.25) is 9.59 Å². The van der Waals surface area contributed by atoms with Gasteiger partial charge in [-0.1, -0.05) is 12.1 Å². The number of primary amides is 1. The molecular formula is C21H22N2O3. The SMILES string of the molecule is Cc1cc2occ(CC(=O)N(C)Cc3cccc(C(N)=O)c3)c2cc1C. The van der Waals surface area contributed by atoms with Gasteiger partial charge in [0.15, 0.2) is 0 Å². The van der Waals surface area contributed by atoms with Gasteiger partial charge in [0, 0.05) is 30.1 Å². The maximum atomic E-state index is 12.6. The van der Waals surface area contributed by atoms with Gasteiger partial charge in [0.2, 0.25) is 11.8 Å². The van der Waals surface area contributed by atoms with Crippen LogP contribution in [0.5, 0.6) is 0 Å². The summed E-state index contributed by atoms with van der Waals surface area (Å²) in [4.78, 5) is 25.6. The molecule has 0 aliphatic heterocycles. The lowest BCUT2D eigenvalue weighted by molar-refractivity contribution is -0.129.